The molecule has 2 unspecified atom stereocenters. The van der Waals surface area contributed by atoms with Crippen LogP contribution in [0.1, 0.15) is 32.1 Å². The minimum Gasteiger partial charge on any atom is -0.492 e. The van der Waals surface area contributed by atoms with Gasteiger partial charge < -0.3 is 15.4 Å². The summed E-state index contributed by atoms with van der Waals surface area (Å²) in [6, 6.07) is 9.68. The van der Waals surface area contributed by atoms with E-state index in [9.17, 15) is 4.79 Å². The van der Waals surface area contributed by atoms with Crippen molar-refractivity contribution in [3.05, 3.63) is 30.3 Å². The van der Waals surface area contributed by atoms with Gasteiger partial charge in [-0.2, -0.15) is 0 Å². The van der Waals surface area contributed by atoms with Crippen LogP contribution in [-0.4, -0.2) is 37.0 Å². The van der Waals surface area contributed by atoms with Crippen LogP contribution in [0.3, 0.4) is 0 Å². The predicted molar refractivity (Wildman–Crippen MR) is 84.1 cm³/mol. The summed E-state index contributed by atoms with van der Waals surface area (Å²) in [4.78, 5) is 14.3. The van der Waals surface area contributed by atoms with Crippen molar-refractivity contribution < 1.29 is 9.53 Å². The molecule has 2 rings (SSSR count). The molecule has 0 heterocycles. The van der Waals surface area contributed by atoms with Gasteiger partial charge in [-0.3, -0.25) is 4.79 Å². The minimum absolute atomic E-state index is 0.0116. The van der Waals surface area contributed by atoms with E-state index in [0.717, 1.165) is 31.4 Å². The molecule has 1 amide bonds. The van der Waals surface area contributed by atoms with Crippen molar-refractivity contribution in [3.63, 3.8) is 0 Å². The minimum atomic E-state index is -0.0192. The van der Waals surface area contributed by atoms with Gasteiger partial charge >= 0.3 is 0 Å². The van der Waals surface area contributed by atoms with E-state index in [2.05, 4.69) is 0 Å². The second-order valence-electron chi connectivity index (χ2n) is 5.83. The molecule has 2 atom stereocenters. The number of benzene rings is 1. The summed E-state index contributed by atoms with van der Waals surface area (Å²) in [5.74, 6) is 0.986. The van der Waals surface area contributed by atoms with Crippen molar-refractivity contribution >= 4 is 5.91 Å². The number of amides is 1. The lowest BCUT2D eigenvalue weighted by Crippen LogP contribution is -2.43. The number of carbonyl (C=O) groups excluding carboxylic acids is 1. The molecule has 4 heteroatoms. The highest BCUT2D eigenvalue weighted by atomic mass is 16.5. The molecule has 0 radical (unpaired) electrons. The van der Waals surface area contributed by atoms with Crippen LogP contribution >= 0.6 is 0 Å². The third-order valence-electron chi connectivity index (χ3n) is 4.20. The van der Waals surface area contributed by atoms with Crippen LogP contribution in [0.25, 0.3) is 0 Å². The zero-order valence-electron chi connectivity index (χ0n) is 12.8. The second kappa shape index (κ2) is 8.03. The smallest absolute Gasteiger partial charge is 0.227 e. The number of hydrogen-bond donors (Lipinski definition) is 1. The summed E-state index contributed by atoms with van der Waals surface area (Å²) in [6.45, 7) is 1.10. The lowest BCUT2D eigenvalue weighted by atomic mass is 9.94. The van der Waals surface area contributed by atoms with Crippen LogP contribution in [0, 0.1) is 5.92 Å². The van der Waals surface area contributed by atoms with E-state index in [4.69, 9.17) is 10.5 Å². The predicted octanol–water partition coefficient (Wildman–Crippen LogP) is 2.43. The third kappa shape index (κ3) is 4.74. The van der Waals surface area contributed by atoms with E-state index < -0.39 is 0 Å². The topological polar surface area (TPSA) is 55.6 Å². The van der Waals surface area contributed by atoms with Gasteiger partial charge in [-0.25, -0.2) is 0 Å². The van der Waals surface area contributed by atoms with Crippen molar-refractivity contribution in [1.82, 2.24) is 4.90 Å². The molecule has 0 aromatic heterocycles. The highest BCUT2D eigenvalue weighted by molar-refractivity contribution is 5.79. The van der Waals surface area contributed by atoms with Crippen molar-refractivity contribution in [2.45, 2.75) is 38.1 Å². The Kier molecular flexibility index (Phi) is 6.05. The Labute approximate surface area is 127 Å². The normalized spacial score (nSPS) is 22.4. The molecule has 0 saturated heterocycles. The molecule has 0 bridgehead atoms. The van der Waals surface area contributed by atoms with Crippen LogP contribution < -0.4 is 10.5 Å². The number of hydrogen-bond acceptors (Lipinski definition) is 3. The molecule has 116 valence electrons. The van der Waals surface area contributed by atoms with E-state index in [-0.39, 0.29) is 17.9 Å². The fraction of sp³-hybridized carbons (Fsp3) is 0.588. The third-order valence-corrected chi connectivity index (χ3v) is 4.20. The first-order valence-corrected chi connectivity index (χ1v) is 7.87. The first-order valence-electron chi connectivity index (χ1n) is 7.87. The summed E-state index contributed by atoms with van der Waals surface area (Å²) in [6.07, 6.45) is 5.33. The van der Waals surface area contributed by atoms with Gasteiger partial charge in [0.05, 0.1) is 12.5 Å². The van der Waals surface area contributed by atoms with Crippen LogP contribution in [0.2, 0.25) is 0 Å². The Morgan fingerprint density at radius 2 is 1.95 bits per heavy atom. The lowest BCUT2D eigenvalue weighted by molar-refractivity contribution is -0.135. The summed E-state index contributed by atoms with van der Waals surface area (Å²) in [5, 5.41) is 0. The molecule has 1 saturated carbocycles. The number of rotatable bonds is 5. The molecule has 1 fully saturated rings. The Balaban J connectivity index is 1.79. The van der Waals surface area contributed by atoms with Gasteiger partial charge in [0, 0.05) is 13.1 Å². The average molecular weight is 290 g/mol. The maximum atomic E-state index is 12.5. The van der Waals surface area contributed by atoms with E-state index in [1.807, 2.05) is 37.4 Å². The first kappa shape index (κ1) is 15.8. The van der Waals surface area contributed by atoms with Crippen molar-refractivity contribution in [3.8, 4) is 5.75 Å². The standard InChI is InChI=1S/C17H26N2O2/c1-19(12-13-21-14-8-4-2-5-9-14)17(20)15-10-6-3-7-11-16(15)18/h2,4-5,8-9,15-16H,3,6-7,10-13,18H2,1H3. The Morgan fingerprint density at radius 1 is 1.24 bits per heavy atom. The van der Waals surface area contributed by atoms with Gasteiger partial charge in [0.1, 0.15) is 12.4 Å². The van der Waals surface area contributed by atoms with E-state index in [1.54, 1.807) is 4.90 Å². The number of para-hydroxylation sites is 1. The SMILES string of the molecule is CN(CCOc1ccccc1)C(=O)C1CCCCCC1N. The summed E-state index contributed by atoms with van der Waals surface area (Å²) in [5.41, 5.74) is 6.16. The summed E-state index contributed by atoms with van der Waals surface area (Å²) < 4.78 is 5.64. The van der Waals surface area contributed by atoms with Crippen LogP contribution in [0.15, 0.2) is 30.3 Å². The van der Waals surface area contributed by atoms with Crippen molar-refractivity contribution in [1.29, 1.82) is 0 Å². The number of ether oxygens (including phenoxy) is 1. The van der Waals surface area contributed by atoms with E-state index in [1.165, 1.54) is 6.42 Å². The Bertz CT molecular complexity index is 436. The summed E-state index contributed by atoms with van der Waals surface area (Å²) in [7, 11) is 1.84. The molecular weight excluding hydrogens is 264 g/mol. The monoisotopic (exact) mass is 290 g/mol. The average Bonchev–Trinajstić information content (AvgIpc) is 2.72. The molecule has 1 aliphatic rings. The van der Waals surface area contributed by atoms with E-state index in [0.29, 0.717) is 13.2 Å². The van der Waals surface area contributed by atoms with Crippen LogP contribution in [0.4, 0.5) is 0 Å². The summed E-state index contributed by atoms with van der Waals surface area (Å²) >= 11 is 0. The maximum Gasteiger partial charge on any atom is 0.227 e. The second-order valence-corrected chi connectivity index (χ2v) is 5.83. The lowest BCUT2D eigenvalue weighted by Gasteiger charge is -2.26. The molecular formula is C17H26N2O2. The van der Waals surface area contributed by atoms with Crippen LogP contribution in [0.5, 0.6) is 5.75 Å². The molecule has 0 spiro atoms. The van der Waals surface area contributed by atoms with Crippen LogP contribution in [-0.2, 0) is 4.79 Å². The molecule has 21 heavy (non-hydrogen) atoms. The number of nitrogens with two attached hydrogens (primary N) is 1. The van der Waals surface area contributed by atoms with Crippen molar-refractivity contribution in [2.24, 2.45) is 11.7 Å². The zero-order chi connectivity index (χ0) is 15.1. The zero-order valence-corrected chi connectivity index (χ0v) is 12.8. The fourth-order valence-electron chi connectivity index (χ4n) is 2.85. The number of carbonyl (C=O) groups is 1. The molecule has 4 nitrogen and oxygen atoms in total. The first-order chi connectivity index (χ1) is 10.2. The fourth-order valence-corrected chi connectivity index (χ4v) is 2.85. The Hall–Kier alpha value is -1.55. The number of likely N-dealkylation sites (N-methyl/N-ethyl adjacent to an activating group) is 1. The van der Waals surface area contributed by atoms with E-state index >= 15 is 0 Å². The molecule has 0 aliphatic heterocycles. The van der Waals surface area contributed by atoms with Gasteiger partial charge in [0.2, 0.25) is 5.91 Å². The Morgan fingerprint density at radius 3 is 2.71 bits per heavy atom. The molecule has 2 N–H and O–H groups in total. The number of nitrogens with zero attached hydrogens (tertiary/aromatic N) is 1. The molecule has 1 aromatic rings. The largest absolute Gasteiger partial charge is 0.492 e. The van der Waals surface area contributed by atoms with Gasteiger partial charge in [-0.05, 0) is 25.0 Å². The van der Waals surface area contributed by atoms with Gasteiger partial charge in [-0.15, -0.1) is 0 Å². The highest BCUT2D eigenvalue weighted by Gasteiger charge is 2.29. The molecule has 1 aliphatic carbocycles. The van der Waals surface area contributed by atoms with Gasteiger partial charge in [0.25, 0.3) is 0 Å². The highest BCUT2D eigenvalue weighted by Crippen LogP contribution is 2.23. The molecule has 1 aromatic carbocycles. The van der Waals surface area contributed by atoms with Crippen molar-refractivity contribution in [2.75, 3.05) is 20.2 Å². The quantitative estimate of drug-likeness (QED) is 0.847. The van der Waals surface area contributed by atoms with Gasteiger partial charge in [0.15, 0.2) is 0 Å². The van der Waals surface area contributed by atoms with Gasteiger partial charge in [-0.1, -0.05) is 37.5 Å². The maximum absolute atomic E-state index is 12.5.